The Kier molecular flexibility index (Phi) is 4.78. The van der Waals surface area contributed by atoms with Crippen LogP contribution < -0.4 is 4.74 Å². The Morgan fingerprint density at radius 3 is 3.00 bits per heavy atom. The minimum Gasteiger partial charge on any atom is -0.470 e. The molecule has 2 atom stereocenters. The summed E-state index contributed by atoms with van der Waals surface area (Å²) in [7, 11) is -0.441. The maximum atomic E-state index is 13.7. The predicted molar refractivity (Wildman–Crippen MR) is 85.3 cm³/mol. The van der Waals surface area contributed by atoms with Gasteiger partial charge in [-0.05, 0) is 25.0 Å². The molecular formula is C15H22FN3O4S. The number of piperidine rings is 1. The molecule has 2 saturated heterocycles. The average Bonchev–Trinajstić information content (AvgIpc) is 2.91. The van der Waals surface area contributed by atoms with E-state index in [1.165, 1.54) is 41.0 Å². The average molecular weight is 359 g/mol. The molecule has 2 aliphatic rings. The molecule has 3 rings (SSSR count). The fourth-order valence-electron chi connectivity index (χ4n) is 3.26. The van der Waals surface area contributed by atoms with Crippen LogP contribution in [0, 0.1) is 5.82 Å². The van der Waals surface area contributed by atoms with E-state index in [2.05, 4.69) is 4.98 Å². The maximum Gasteiger partial charge on any atom is 0.281 e. The largest absolute Gasteiger partial charge is 0.470 e. The lowest BCUT2D eigenvalue weighted by atomic mass is 9.90. The van der Waals surface area contributed by atoms with Crippen LogP contribution in [0.5, 0.6) is 5.88 Å². The summed E-state index contributed by atoms with van der Waals surface area (Å²) in [6.07, 6.45) is 3.13. The number of rotatable bonds is 4. The highest BCUT2D eigenvalue weighted by atomic mass is 32.2. The van der Waals surface area contributed by atoms with E-state index in [4.69, 9.17) is 9.47 Å². The molecule has 7 nitrogen and oxygen atoms in total. The van der Waals surface area contributed by atoms with Crippen molar-refractivity contribution < 1.29 is 22.3 Å². The van der Waals surface area contributed by atoms with Gasteiger partial charge in [0.1, 0.15) is 6.10 Å². The van der Waals surface area contributed by atoms with E-state index in [9.17, 15) is 12.8 Å². The second kappa shape index (κ2) is 6.55. The Labute approximate surface area is 141 Å². The zero-order valence-corrected chi connectivity index (χ0v) is 14.6. The van der Waals surface area contributed by atoms with E-state index in [-0.39, 0.29) is 18.5 Å². The van der Waals surface area contributed by atoms with Crippen molar-refractivity contribution in [2.75, 3.05) is 33.8 Å². The lowest BCUT2D eigenvalue weighted by Gasteiger charge is -2.39. The number of ether oxygens (including phenoxy) is 2. The Bertz CT molecular complexity index is 700. The van der Waals surface area contributed by atoms with Crippen molar-refractivity contribution >= 4 is 10.2 Å². The topological polar surface area (TPSA) is 72.0 Å². The number of aromatic nitrogens is 1. The molecule has 9 heteroatoms. The fourth-order valence-corrected chi connectivity index (χ4v) is 4.48. The van der Waals surface area contributed by atoms with Crippen LogP contribution >= 0.6 is 0 Å². The molecule has 0 radical (unpaired) electrons. The zero-order valence-electron chi connectivity index (χ0n) is 13.8. The van der Waals surface area contributed by atoms with E-state index in [0.717, 1.165) is 12.8 Å². The van der Waals surface area contributed by atoms with E-state index in [1.54, 1.807) is 0 Å². The first-order valence-electron chi connectivity index (χ1n) is 7.91. The summed E-state index contributed by atoms with van der Waals surface area (Å²) in [6.45, 7) is 1.07. The Morgan fingerprint density at radius 1 is 1.50 bits per heavy atom. The summed E-state index contributed by atoms with van der Waals surface area (Å²) >= 11 is 0. The predicted octanol–water partition coefficient (Wildman–Crippen LogP) is 1.03. The second-order valence-electron chi connectivity index (χ2n) is 6.46. The lowest BCUT2D eigenvalue weighted by Crippen LogP contribution is -2.53. The van der Waals surface area contributed by atoms with E-state index < -0.39 is 21.6 Å². The Hall–Kier alpha value is -1.29. The lowest BCUT2D eigenvalue weighted by molar-refractivity contribution is -0.0346. The number of nitrogens with zero attached hydrogens (tertiary/aromatic N) is 3. The number of halogens is 1. The third-order valence-corrected chi connectivity index (χ3v) is 6.36. The SMILES string of the molecule is CN(C)S(=O)(=O)N1CCC[C@@]2(C[C@H](Oc3ncccc3F)CO2)C1. The third kappa shape index (κ3) is 3.39. The maximum absolute atomic E-state index is 13.7. The molecule has 2 fully saturated rings. The summed E-state index contributed by atoms with van der Waals surface area (Å²) < 4.78 is 52.5. The second-order valence-corrected chi connectivity index (χ2v) is 8.60. The van der Waals surface area contributed by atoms with Crippen LogP contribution in [0.2, 0.25) is 0 Å². The molecular weight excluding hydrogens is 337 g/mol. The number of pyridine rings is 1. The first-order chi connectivity index (χ1) is 11.3. The van der Waals surface area contributed by atoms with Crippen LogP contribution in [-0.2, 0) is 14.9 Å². The van der Waals surface area contributed by atoms with Crippen molar-refractivity contribution in [2.45, 2.75) is 31.0 Å². The normalized spacial score (nSPS) is 28.6. The zero-order chi connectivity index (χ0) is 17.4. The van der Waals surface area contributed by atoms with Crippen LogP contribution in [0.1, 0.15) is 19.3 Å². The van der Waals surface area contributed by atoms with Crippen LogP contribution in [0.15, 0.2) is 18.3 Å². The highest BCUT2D eigenvalue weighted by Gasteiger charge is 2.47. The Balaban J connectivity index is 1.68. The van der Waals surface area contributed by atoms with Crippen molar-refractivity contribution in [3.05, 3.63) is 24.1 Å². The fraction of sp³-hybridized carbons (Fsp3) is 0.667. The van der Waals surface area contributed by atoms with Gasteiger partial charge in [0.25, 0.3) is 16.1 Å². The van der Waals surface area contributed by atoms with Crippen molar-refractivity contribution in [3.8, 4) is 5.88 Å². The first kappa shape index (κ1) is 17.5. The van der Waals surface area contributed by atoms with Gasteiger partial charge in [-0.1, -0.05) is 0 Å². The molecule has 0 bridgehead atoms. The highest BCUT2D eigenvalue weighted by molar-refractivity contribution is 7.86. The van der Waals surface area contributed by atoms with Gasteiger partial charge in [0.15, 0.2) is 5.82 Å². The molecule has 134 valence electrons. The first-order valence-corrected chi connectivity index (χ1v) is 9.31. The van der Waals surface area contributed by atoms with Crippen LogP contribution in [-0.4, -0.2) is 67.5 Å². The Morgan fingerprint density at radius 2 is 2.29 bits per heavy atom. The summed E-state index contributed by atoms with van der Waals surface area (Å²) in [5, 5.41) is 0. The molecule has 0 N–H and O–H groups in total. The van der Waals surface area contributed by atoms with Crippen molar-refractivity contribution in [1.82, 2.24) is 13.6 Å². The highest BCUT2D eigenvalue weighted by Crippen LogP contribution is 2.37. The van der Waals surface area contributed by atoms with E-state index in [0.29, 0.717) is 19.6 Å². The molecule has 0 amide bonds. The van der Waals surface area contributed by atoms with Gasteiger partial charge in [0.05, 0.1) is 12.2 Å². The molecule has 1 aromatic rings. The van der Waals surface area contributed by atoms with Crippen molar-refractivity contribution in [3.63, 3.8) is 0 Å². The molecule has 24 heavy (non-hydrogen) atoms. The molecule has 3 heterocycles. The van der Waals surface area contributed by atoms with Gasteiger partial charge >= 0.3 is 0 Å². The van der Waals surface area contributed by atoms with Gasteiger partial charge in [-0.2, -0.15) is 17.0 Å². The summed E-state index contributed by atoms with van der Waals surface area (Å²) in [4.78, 5) is 3.89. The quantitative estimate of drug-likeness (QED) is 0.803. The number of hydrogen-bond donors (Lipinski definition) is 0. The molecule has 0 aliphatic carbocycles. The molecule has 1 spiro atoms. The molecule has 0 aromatic carbocycles. The van der Waals surface area contributed by atoms with Gasteiger partial charge in [0, 0.05) is 39.8 Å². The molecule has 0 unspecified atom stereocenters. The summed E-state index contributed by atoms with van der Waals surface area (Å²) in [5.74, 6) is -0.560. The van der Waals surface area contributed by atoms with Gasteiger partial charge in [-0.15, -0.1) is 0 Å². The standard InChI is InChI=1S/C15H22FN3O4S/c1-18(2)24(20,21)19-8-4-6-15(11-19)9-12(10-22-15)23-14-13(16)5-3-7-17-14/h3,5,7,12H,4,6,8-11H2,1-2H3/t12-,15+/m0/s1. The van der Waals surface area contributed by atoms with E-state index in [1.807, 2.05) is 0 Å². The van der Waals surface area contributed by atoms with Crippen LogP contribution in [0.3, 0.4) is 0 Å². The molecule has 1 aromatic heterocycles. The third-order valence-electron chi connectivity index (χ3n) is 4.47. The van der Waals surface area contributed by atoms with Gasteiger partial charge in [-0.3, -0.25) is 0 Å². The van der Waals surface area contributed by atoms with Crippen molar-refractivity contribution in [2.24, 2.45) is 0 Å². The minimum atomic E-state index is -3.47. The van der Waals surface area contributed by atoms with E-state index >= 15 is 0 Å². The van der Waals surface area contributed by atoms with Gasteiger partial charge in [0.2, 0.25) is 0 Å². The smallest absolute Gasteiger partial charge is 0.281 e. The summed E-state index contributed by atoms with van der Waals surface area (Å²) in [6, 6.07) is 2.79. The van der Waals surface area contributed by atoms with Gasteiger partial charge < -0.3 is 9.47 Å². The molecule has 0 saturated carbocycles. The monoisotopic (exact) mass is 359 g/mol. The van der Waals surface area contributed by atoms with Gasteiger partial charge in [-0.25, -0.2) is 9.37 Å². The summed E-state index contributed by atoms with van der Waals surface area (Å²) in [5.41, 5.74) is -0.572. The molecule has 2 aliphatic heterocycles. The minimum absolute atomic E-state index is 0.0447. The van der Waals surface area contributed by atoms with Crippen LogP contribution in [0.25, 0.3) is 0 Å². The van der Waals surface area contributed by atoms with Crippen LogP contribution in [0.4, 0.5) is 4.39 Å². The van der Waals surface area contributed by atoms with Crippen molar-refractivity contribution in [1.29, 1.82) is 0 Å². The number of hydrogen-bond acceptors (Lipinski definition) is 5.